The van der Waals surface area contributed by atoms with Crippen LogP contribution in [0.3, 0.4) is 0 Å². The van der Waals surface area contributed by atoms with Gasteiger partial charge < -0.3 is 25.0 Å². The number of halogens is 2. The zero-order chi connectivity index (χ0) is 28.0. The van der Waals surface area contributed by atoms with E-state index in [1.165, 1.54) is 15.9 Å². The third kappa shape index (κ3) is 4.12. The summed E-state index contributed by atoms with van der Waals surface area (Å²) in [7, 11) is 0. The summed E-state index contributed by atoms with van der Waals surface area (Å²) in [5, 5.41) is 13.8. The van der Waals surface area contributed by atoms with Crippen LogP contribution < -0.4 is 5.32 Å². The first kappa shape index (κ1) is 25.7. The number of ether oxygens (including phenoxy) is 1. The number of nitrogens with zero attached hydrogens (tertiary/aromatic N) is 2. The van der Waals surface area contributed by atoms with E-state index in [-0.39, 0.29) is 43.5 Å². The lowest BCUT2D eigenvalue weighted by Gasteiger charge is -2.46. The number of Topliss-reactive ketones (excluding diaryl/α,β-unsaturated/α-hetero) is 1. The van der Waals surface area contributed by atoms with Crippen LogP contribution in [0, 0.1) is 11.6 Å². The van der Waals surface area contributed by atoms with E-state index in [0.717, 1.165) is 11.6 Å². The molecule has 0 spiro atoms. The minimum atomic E-state index is -1.94. The fourth-order valence-electron chi connectivity index (χ4n) is 5.67. The van der Waals surface area contributed by atoms with Gasteiger partial charge in [-0.05, 0) is 17.2 Å². The topological polar surface area (TPSA) is 99.2 Å². The average molecular weight is 546 g/mol. The molecule has 3 aromatic carbocycles. The molecule has 0 bridgehead atoms. The number of carbonyl (C=O) groups is 3. The van der Waals surface area contributed by atoms with Crippen molar-refractivity contribution in [3.05, 3.63) is 119 Å². The van der Waals surface area contributed by atoms with Crippen molar-refractivity contribution in [2.75, 3.05) is 19.6 Å². The molecule has 2 saturated heterocycles. The van der Waals surface area contributed by atoms with Gasteiger partial charge in [0, 0.05) is 24.7 Å². The summed E-state index contributed by atoms with van der Waals surface area (Å²) in [5.41, 5.74) is -0.903. The van der Waals surface area contributed by atoms with Gasteiger partial charge in [0.1, 0.15) is 23.4 Å². The fourth-order valence-corrected chi connectivity index (χ4v) is 5.67. The average Bonchev–Trinajstić information content (AvgIpc) is 3.40. The Bertz CT molecular complexity index is 1530. The molecule has 2 amide bonds. The molecule has 3 atom stereocenters. The number of benzene rings is 3. The minimum Gasteiger partial charge on any atom is -0.503 e. The first-order valence-electron chi connectivity index (χ1n) is 12.8. The molecular weight excluding hydrogens is 520 g/mol. The Morgan fingerprint density at radius 3 is 2.40 bits per heavy atom. The molecule has 0 unspecified atom stereocenters. The van der Waals surface area contributed by atoms with Gasteiger partial charge >= 0.3 is 0 Å². The number of fused-ring (bicyclic) bond motifs is 2. The minimum absolute atomic E-state index is 0.0248. The van der Waals surface area contributed by atoms with Crippen LogP contribution in [0.1, 0.15) is 22.8 Å². The zero-order valence-corrected chi connectivity index (χ0v) is 21.2. The number of amides is 2. The van der Waals surface area contributed by atoms with Crippen molar-refractivity contribution >= 4 is 17.6 Å². The maximum Gasteiger partial charge on any atom is 0.276 e. The van der Waals surface area contributed by atoms with E-state index < -0.39 is 46.6 Å². The molecule has 204 valence electrons. The number of rotatable bonds is 5. The fraction of sp³-hybridized carbons (Fsp3) is 0.233. The van der Waals surface area contributed by atoms with Crippen LogP contribution in [0.15, 0.2) is 90.3 Å². The number of carbonyl (C=O) groups excluding carboxylic acids is 3. The number of hydrogen-bond donors (Lipinski definition) is 2. The van der Waals surface area contributed by atoms with Crippen LogP contribution in [0.25, 0.3) is 0 Å². The van der Waals surface area contributed by atoms with E-state index in [1.807, 2.05) is 30.3 Å². The predicted octanol–water partition coefficient (Wildman–Crippen LogP) is 3.11. The highest BCUT2D eigenvalue weighted by atomic mass is 19.1. The van der Waals surface area contributed by atoms with E-state index in [4.69, 9.17) is 4.74 Å². The summed E-state index contributed by atoms with van der Waals surface area (Å²) in [5.74, 6) is -4.70. The number of piperazine rings is 1. The van der Waals surface area contributed by atoms with E-state index >= 15 is 0 Å². The number of aliphatic hydroxyl groups is 1. The maximum atomic E-state index is 14.3. The lowest BCUT2D eigenvalue weighted by atomic mass is 9.72. The van der Waals surface area contributed by atoms with Crippen LogP contribution >= 0.6 is 0 Å². The SMILES string of the molecule is O=C1C2=C(O)C(=O)[C@@](C(=O)NCc3ccc(F)cc3F)(c3ccccc3)CN2C[C@@H]2O[C@@H](c3ccccc3)CN12. The highest BCUT2D eigenvalue weighted by Crippen LogP contribution is 2.41. The second-order valence-corrected chi connectivity index (χ2v) is 10.0. The van der Waals surface area contributed by atoms with Gasteiger partial charge in [0.15, 0.2) is 17.4 Å². The molecule has 6 rings (SSSR count). The van der Waals surface area contributed by atoms with Crippen molar-refractivity contribution in [3.8, 4) is 0 Å². The Hall–Kier alpha value is -4.57. The lowest BCUT2D eigenvalue weighted by Crippen LogP contribution is -2.64. The maximum absolute atomic E-state index is 14.3. The second kappa shape index (κ2) is 9.87. The molecule has 0 aromatic heterocycles. The third-order valence-electron chi connectivity index (χ3n) is 7.72. The van der Waals surface area contributed by atoms with Crippen molar-refractivity contribution < 1.29 is 33.0 Å². The Kier molecular flexibility index (Phi) is 6.34. The Morgan fingerprint density at radius 1 is 1.00 bits per heavy atom. The number of ketones is 1. The summed E-state index contributed by atoms with van der Waals surface area (Å²) < 4.78 is 33.8. The van der Waals surface area contributed by atoms with Gasteiger partial charge in [-0.3, -0.25) is 14.4 Å². The first-order valence-corrected chi connectivity index (χ1v) is 12.8. The summed E-state index contributed by atoms with van der Waals surface area (Å²) in [6.45, 7) is -0.195. The van der Waals surface area contributed by atoms with E-state index in [9.17, 15) is 28.3 Å². The molecule has 3 heterocycles. The van der Waals surface area contributed by atoms with Crippen molar-refractivity contribution in [2.45, 2.75) is 24.3 Å². The molecule has 2 fully saturated rings. The summed E-state index contributed by atoms with van der Waals surface area (Å²) in [4.78, 5) is 44.2. The number of hydrogen-bond acceptors (Lipinski definition) is 6. The van der Waals surface area contributed by atoms with Crippen molar-refractivity contribution in [2.24, 2.45) is 0 Å². The Labute approximate surface area is 228 Å². The molecule has 2 N–H and O–H groups in total. The zero-order valence-electron chi connectivity index (χ0n) is 21.2. The van der Waals surface area contributed by atoms with Crippen molar-refractivity contribution in [1.29, 1.82) is 0 Å². The van der Waals surface area contributed by atoms with E-state index in [0.29, 0.717) is 11.6 Å². The molecule has 8 nitrogen and oxygen atoms in total. The quantitative estimate of drug-likeness (QED) is 0.478. The van der Waals surface area contributed by atoms with Crippen LogP contribution in [-0.2, 0) is 31.1 Å². The van der Waals surface area contributed by atoms with Crippen LogP contribution in [-0.4, -0.2) is 58.4 Å². The third-order valence-corrected chi connectivity index (χ3v) is 7.72. The molecule has 3 aromatic rings. The highest BCUT2D eigenvalue weighted by Gasteiger charge is 2.58. The molecule has 40 heavy (non-hydrogen) atoms. The van der Waals surface area contributed by atoms with E-state index in [2.05, 4.69) is 5.32 Å². The molecule has 0 aliphatic carbocycles. The highest BCUT2D eigenvalue weighted by molar-refractivity contribution is 6.21. The number of allylic oxidation sites excluding steroid dienone is 1. The molecule has 0 radical (unpaired) electrons. The summed E-state index contributed by atoms with van der Waals surface area (Å²) in [6, 6.07) is 20.6. The first-order chi connectivity index (χ1) is 19.3. The smallest absolute Gasteiger partial charge is 0.276 e. The normalized spacial score (nSPS) is 24.1. The van der Waals surface area contributed by atoms with Gasteiger partial charge in [0.2, 0.25) is 11.7 Å². The predicted molar refractivity (Wildman–Crippen MR) is 138 cm³/mol. The number of aliphatic hydroxyl groups excluding tert-OH is 1. The Balaban J connectivity index is 1.34. The standard InChI is InChI=1S/C30H25F2N3O5/c31-21-12-11-19(22(32)13-21)14-33-29(39)30(20-9-5-2-6-10-20)17-34-16-24-35(28(38)25(34)26(36)27(30)37)15-23(40-24)18-7-3-1-4-8-18/h1-13,23-24,36H,14-17H2,(H,33,39)/t23-,24+,30+/m1/s1. The van der Waals surface area contributed by atoms with Gasteiger partial charge in [0.25, 0.3) is 5.91 Å². The monoisotopic (exact) mass is 545 g/mol. The largest absolute Gasteiger partial charge is 0.503 e. The molecular formula is C30H25F2N3O5. The van der Waals surface area contributed by atoms with Crippen LogP contribution in [0.5, 0.6) is 0 Å². The van der Waals surface area contributed by atoms with Gasteiger partial charge in [-0.2, -0.15) is 0 Å². The van der Waals surface area contributed by atoms with Crippen LogP contribution in [0.4, 0.5) is 8.78 Å². The van der Waals surface area contributed by atoms with Crippen molar-refractivity contribution in [3.63, 3.8) is 0 Å². The van der Waals surface area contributed by atoms with Gasteiger partial charge in [-0.15, -0.1) is 0 Å². The summed E-state index contributed by atoms with van der Waals surface area (Å²) >= 11 is 0. The molecule has 10 heteroatoms. The van der Waals surface area contributed by atoms with E-state index in [1.54, 1.807) is 30.3 Å². The van der Waals surface area contributed by atoms with Gasteiger partial charge in [-0.1, -0.05) is 66.7 Å². The Morgan fingerprint density at radius 2 is 1.70 bits per heavy atom. The molecule has 3 aliphatic heterocycles. The van der Waals surface area contributed by atoms with Crippen LogP contribution in [0.2, 0.25) is 0 Å². The van der Waals surface area contributed by atoms with Gasteiger partial charge in [-0.25, -0.2) is 8.78 Å². The number of nitrogens with one attached hydrogen (secondary N) is 1. The summed E-state index contributed by atoms with van der Waals surface area (Å²) in [6.07, 6.45) is -1.05. The van der Waals surface area contributed by atoms with Crippen molar-refractivity contribution in [1.82, 2.24) is 15.1 Å². The second-order valence-electron chi connectivity index (χ2n) is 10.0. The lowest BCUT2D eigenvalue weighted by molar-refractivity contribution is -0.148. The molecule has 3 aliphatic rings. The van der Waals surface area contributed by atoms with Gasteiger partial charge in [0.05, 0.1) is 13.1 Å². The molecule has 0 saturated carbocycles.